The summed E-state index contributed by atoms with van der Waals surface area (Å²) in [7, 11) is 2.89. The Labute approximate surface area is 191 Å². The number of carbonyl (C=O) groups is 2. The van der Waals surface area contributed by atoms with E-state index in [9.17, 15) is 9.59 Å². The fraction of sp³-hybridized carbons (Fsp3) is 0.375. The van der Waals surface area contributed by atoms with Crippen LogP contribution in [-0.2, 0) is 16.0 Å². The van der Waals surface area contributed by atoms with Crippen molar-refractivity contribution in [2.45, 2.75) is 25.8 Å². The molecule has 9 nitrogen and oxygen atoms in total. The summed E-state index contributed by atoms with van der Waals surface area (Å²) in [5, 5.41) is 6.91. The van der Waals surface area contributed by atoms with Gasteiger partial charge in [-0.2, -0.15) is 0 Å². The first-order valence-electron chi connectivity index (χ1n) is 11.0. The molecule has 0 saturated heterocycles. The van der Waals surface area contributed by atoms with Crippen molar-refractivity contribution in [2.24, 2.45) is 5.92 Å². The SMILES string of the molecule is COCCn1c(C(=O)OC)c(NC(=O)c2ccco2)c2cc(NC[C@H]3CC=CCC3)cnc21. The lowest BCUT2D eigenvalue weighted by molar-refractivity contribution is 0.0588. The predicted octanol–water partition coefficient (Wildman–Crippen LogP) is 4.08. The molecule has 9 heteroatoms. The average Bonchev–Trinajstić information content (AvgIpc) is 3.49. The molecular weight excluding hydrogens is 424 g/mol. The lowest BCUT2D eigenvalue weighted by Crippen LogP contribution is -2.18. The molecule has 3 heterocycles. The number of anilines is 2. The number of nitrogens with zero attached hydrogens (tertiary/aromatic N) is 2. The Morgan fingerprint density at radius 3 is 2.88 bits per heavy atom. The van der Waals surface area contributed by atoms with Crippen LogP contribution >= 0.6 is 0 Å². The topological polar surface area (TPSA) is 108 Å². The number of ether oxygens (including phenoxy) is 2. The monoisotopic (exact) mass is 452 g/mol. The molecule has 0 aromatic carbocycles. The number of methoxy groups -OCH3 is 2. The van der Waals surface area contributed by atoms with Crippen molar-refractivity contribution in [2.75, 3.05) is 38.0 Å². The number of aromatic nitrogens is 2. The molecule has 4 rings (SSSR count). The normalized spacial score (nSPS) is 15.5. The van der Waals surface area contributed by atoms with Gasteiger partial charge in [-0.1, -0.05) is 12.2 Å². The fourth-order valence-corrected chi connectivity index (χ4v) is 4.04. The van der Waals surface area contributed by atoms with E-state index in [0.29, 0.717) is 35.8 Å². The lowest BCUT2D eigenvalue weighted by atomic mass is 9.94. The lowest BCUT2D eigenvalue weighted by Gasteiger charge is -2.18. The summed E-state index contributed by atoms with van der Waals surface area (Å²) < 4.78 is 17.2. The molecule has 33 heavy (non-hydrogen) atoms. The van der Waals surface area contributed by atoms with Crippen molar-refractivity contribution in [3.63, 3.8) is 0 Å². The zero-order chi connectivity index (χ0) is 23.2. The number of fused-ring (bicyclic) bond motifs is 1. The van der Waals surface area contributed by atoms with E-state index in [1.165, 1.54) is 13.4 Å². The smallest absolute Gasteiger partial charge is 0.356 e. The standard InChI is InChI=1S/C24H28N4O5/c1-31-12-10-28-21(24(30)32-2)20(27-23(29)19-9-6-11-33-19)18-13-17(15-26-22(18)28)25-14-16-7-4-3-5-8-16/h3-4,6,9,11,13,15-16,25H,5,7-8,10,12,14H2,1-2H3,(H,27,29)/t16-/m0/s1. The van der Waals surface area contributed by atoms with Crippen molar-refractivity contribution in [1.29, 1.82) is 0 Å². The number of furan rings is 1. The van der Waals surface area contributed by atoms with E-state index in [1.54, 1.807) is 30.0 Å². The summed E-state index contributed by atoms with van der Waals surface area (Å²) in [4.78, 5) is 30.2. The van der Waals surface area contributed by atoms with Crippen molar-refractivity contribution < 1.29 is 23.5 Å². The highest BCUT2D eigenvalue weighted by Crippen LogP contribution is 2.33. The summed E-state index contributed by atoms with van der Waals surface area (Å²) in [5.74, 6) is -0.359. The Hall–Kier alpha value is -3.59. The number of allylic oxidation sites excluding steroid dienone is 2. The largest absolute Gasteiger partial charge is 0.464 e. The van der Waals surface area contributed by atoms with Crippen LogP contribution in [0.15, 0.2) is 47.2 Å². The molecule has 3 aromatic rings. The number of pyridine rings is 1. The van der Waals surface area contributed by atoms with Gasteiger partial charge in [-0.25, -0.2) is 9.78 Å². The molecule has 0 radical (unpaired) electrons. The Kier molecular flexibility index (Phi) is 7.09. The zero-order valence-electron chi connectivity index (χ0n) is 18.8. The molecule has 1 aliphatic rings. The molecule has 0 bridgehead atoms. The second-order valence-corrected chi connectivity index (χ2v) is 7.92. The minimum absolute atomic E-state index is 0.135. The number of hydrogen-bond donors (Lipinski definition) is 2. The van der Waals surface area contributed by atoms with Gasteiger partial charge in [0.05, 0.1) is 37.6 Å². The third-order valence-electron chi connectivity index (χ3n) is 5.75. The maximum Gasteiger partial charge on any atom is 0.356 e. The van der Waals surface area contributed by atoms with Crippen LogP contribution in [0.5, 0.6) is 0 Å². The van der Waals surface area contributed by atoms with Gasteiger partial charge < -0.3 is 29.1 Å². The van der Waals surface area contributed by atoms with Crippen LogP contribution in [0.1, 0.15) is 40.3 Å². The van der Waals surface area contributed by atoms with E-state index in [4.69, 9.17) is 13.9 Å². The number of esters is 1. The van der Waals surface area contributed by atoms with Gasteiger partial charge >= 0.3 is 5.97 Å². The van der Waals surface area contributed by atoms with Gasteiger partial charge in [0.1, 0.15) is 5.65 Å². The summed E-state index contributed by atoms with van der Waals surface area (Å²) in [5.41, 5.74) is 1.89. The average molecular weight is 453 g/mol. The minimum Gasteiger partial charge on any atom is -0.464 e. The van der Waals surface area contributed by atoms with Crippen LogP contribution in [0.2, 0.25) is 0 Å². The van der Waals surface area contributed by atoms with Gasteiger partial charge in [0.25, 0.3) is 5.91 Å². The first-order chi connectivity index (χ1) is 16.1. The maximum atomic E-state index is 12.8. The van der Waals surface area contributed by atoms with E-state index >= 15 is 0 Å². The number of rotatable bonds is 9. The van der Waals surface area contributed by atoms with E-state index in [-0.39, 0.29) is 11.5 Å². The molecule has 174 valence electrons. The zero-order valence-corrected chi connectivity index (χ0v) is 18.8. The van der Waals surface area contributed by atoms with Gasteiger partial charge in [-0.05, 0) is 43.4 Å². The molecule has 1 amide bonds. The minimum atomic E-state index is -0.581. The van der Waals surface area contributed by atoms with Crippen LogP contribution < -0.4 is 10.6 Å². The molecule has 0 fully saturated rings. The second-order valence-electron chi connectivity index (χ2n) is 7.92. The highest BCUT2D eigenvalue weighted by molar-refractivity contribution is 6.14. The summed E-state index contributed by atoms with van der Waals surface area (Å²) >= 11 is 0. The Morgan fingerprint density at radius 2 is 2.18 bits per heavy atom. The molecule has 0 aliphatic heterocycles. The Balaban J connectivity index is 1.74. The fourth-order valence-electron chi connectivity index (χ4n) is 4.04. The van der Waals surface area contributed by atoms with Crippen LogP contribution in [-0.4, -0.2) is 48.8 Å². The first kappa shape index (κ1) is 22.6. The Morgan fingerprint density at radius 1 is 1.30 bits per heavy atom. The van der Waals surface area contributed by atoms with Crippen molar-refractivity contribution in [3.05, 3.63) is 54.3 Å². The van der Waals surface area contributed by atoms with Crippen molar-refractivity contribution in [1.82, 2.24) is 9.55 Å². The second kappa shape index (κ2) is 10.4. The molecule has 0 unspecified atom stereocenters. The van der Waals surface area contributed by atoms with Crippen LogP contribution in [0.25, 0.3) is 11.0 Å². The molecule has 0 spiro atoms. The van der Waals surface area contributed by atoms with E-state index in [2.05, 4.69) is 27.8 Å². The summed E-state index contributed by atoms with van der Waals surface area (Å²) in [6.07, 6.45) is 10.9. The number of amides is 1. The molecule has 1 aliphatic carbocycles. The third-order valence-corrected chi connectivity index (χ3v) is 5.75. The van der Waals surface area contributed by atoms with Gasteiger partial charge in [0, 0.05) is 25.6 Å². The quantitative estimate of drug-likeness (QED) is 0.372. The Bertz CT molecular complexity index is 1150. The van der Waals surface area contributed by atoms with Crippen molar-refractivity contribution in [3.8, 4) is 0 Å². The maximum absolute atomic E-state index is 12.8. The van der Waals surface area contributed by atoms with E-state index in [0.717, 1.165) is 31.5 Å². The van der Waals surface area contributed by atoms with Gasteiger partial charge in [0.2, 0.25) is 0 Å². The molecule has 2 N–H and O–H groups in total. The predicted molar refractivity (Wildman–Crippen MR) is 125 cm³/mol. The highest BCUT2D eigenvalue weighted by atomic mass is 16.5. The highest BCUT2D eigenvalue weighted by Gasteiger charge is 2.27. The van der Waals surface area contributed by atoms with Crippen LogP contribution in [0.4, 0.5) is 11.4 Å². The number of nitrogens with one attached hydrogen (secondary N) is 2. The van der Waals surface area contributed by atoms with Crippen molar-refractivity contribution >= 4 is 34.3 Å². The van der Waals surface area contributed by atoms with Crippen LogP contribution in [0, 0.1) is 5.92 Å². The van der Waals surface area contributed by atoms with Gasteiger partial charge in [-0.15, -0.1) is 0 Å². The molecule has 3 aromatic heterocycles. The number of carbonyl (C=O) groups excluding carboxylic acids is 2. The number of hydrogen-bond acceptors (Lipinski definition) is 7. The summed E-state index contributed by atoms with van der Waals surface area (Å²) in [6.45, 7) is 1.54. The first-order valence-corrected chi connectivity index (χ1v) is 11.0. The van der Waals surface area contributed by atoms with Gasteiger partial charge in [-0.3, -0.25) is 4.79 Å². The van der Waals surface area contributed by atoms with E-state index < -0.39 is 11.9 Å². The molecule has 0 saturated carbocycles. The van der Waals surface area contributed by atoms with Crippen LogP contribution in [0.3, 0.4) is 0 Å². The molecular formula is C24H28N4O5. The third kappa shape index (κ3) is 4.93. The summed E-state index contributed by atoms with van der Waals surface area (Å²) in [6, 6.07) is 5.08. The van der Waals surface area contributed by atoms with Gasteiger partial charge in [0.15, 0.2) is 11.5 Å². The van der Waals surface area contributed by atoms with E-state index in [1.807, 2.05) is 6.07 Å². The molecule has 1 atom stereocenters.